The first-order chi connectivity index (χ1) is 14.9. The van der Waals surface area contributed by atoms with E-state index in [2.05, 4.69) is 25.5 Å². The molecule has 1 saturated carbocycles. The Morgan fingerprint density at radius 2 is 2.03 bits per heavy atom. The number of rotatable bonds is 5. The Hall–Kier alpha value is -3.82. The minimum absolute atomic E-state index is 0.01000. The summed E-state index contributed by atoms with van der Waals surface area (Å²) >= 11 is 0. The third kappa shape index (κ3) is 3.29. The Labute approximate surface area is 177 Å². The summed E-state index contributed by atoms with van der Waals surface area (Å²) in [4.78, 5) is 26.6. The molecule has 0 aliphatic heterocycles. The number of aryl methyl sites for hydroxylation is 2. The minimum Gasteiger partial charge on any atom is -0.421 e. The van der Waals surface area contributed by atoms with Crippen LogP contribution in [0.1, 0.15) is 49.1 Å². The van der Waals surface area contributed by atoms with Crippen LogP contribution in [0.25, 0.3) is 22.4 Å². The van der Waals surface area contributed by atoms with Gasteiger partial charge in [0.2, 0.25) is 5.89 Å². The molecule has 3 heterocycles. The number of benzene rings is 1. The molecule has 3 N–H and O–H groups in total. The van der Waals surface area contributed by atoms with Gasteiger partial charge in [0.25, 0.3) is 11.4 Å². The molecule has 0 amide bonds. The van der Waals surface area contributed by atoms with Crippen molar-refractivity contribution in [2.45, 2.75) is 45.7 Å². The molecule has 10 heteroatoms. The second-order valence-electron chi connectivity index (χ2n) is 7.82. The van der Waals surface area contributed by atoms with Gasteiger partial charge in [-0.05, 0) is 38.3 Å². The lowest BCUT2D eigenvalue weighted by molar-refractivity contribution is 0.532. The van der Waals surface area contributed by atoms with Crippen LogP contribution in [0.4, 0.5) is 11.6 Å². The Balaban J connectivity index is 1.61. The standard InChI is InChI=1S/C21H22N8O2/c1-10-5-4-6-14-15(10)21(30)29(13-7-8-13)19(26-14)11(2)25-18-16(17(22)23-9-24-18)20-28-27-12(3)31-20/h4-6,9,11,13H,7-8H2,1-3H3,(H3,22,23,24,25). The zero-order valence-corrected chi connectivity index (χ0v) is 17.5. The molecule has 158 valence electrons. The number of hydrogen-bond acceptors (Lipinski definition) is 9. The molecule has 1 aliphatic carbocycles. The Morgan fingerprint density at radius 3 is 2.74 bits per heavy atom. The number of hydrogen-bond donors (Lipinski definition) is 2. The van der Waals surface area contributed by atoms with Gasteiger partial charge in [0.05, 0.1) is 16.9 Å². The predicted octanol–water partition coefficient (Wildman–Crippen LogP) is 2.94. The van der Waals surface area contributed by atoms with Gasteiger partial charge in [0, 0.05) is 13.0 Å². The van der Waals surface area contributed by atoms with Gasteiger partial charge in [-0.3, -0.25) is 9.36 Å². The molecule has 0 bridgehead atoms. The highest BCUT2D eigenvalue weighted by Gasteiger charge is 2.31. The number of nitrogen functional groups attached to an aromatic ring is 1. The quantitative estimate of drug-likeness (QED) is 0.501. The summed E-state index contributed by atoms with van der Waals surface area (Å²) in [6, 6.07) is 5.54. The van der Waals surface area contributed by atoms with Crippen LogP contribution in [-0.4, -0.2) is 29.7 Å². The number of anilines is 2. The van der Waals surface area contributed by atoms with Crippen molar-refractivity contribution in [2.75, 3.05) is 11.1 Å². The van der Waals surface area contributed by atoms with Gasteiger partial charge in [-0.1, -0.05) is 12.1 Å². The van der Waals surface area contributed by atoms with E-state index in [4.69, 9.17) is 15.1 Å². The smallest absolute Gasteiger partial charge is 0.261 e. The van der Waals surface area contributed by atoms with Crippen LogP contribution < -0.4 is 16.6 Å². The van der Waals surface area contributed by atoms with Crippen molar-refractivity contribution >= 4 is 22.5 Å². The lowest BCUT2D eigenvalue weighted by Crippen LogP contribution is -2.28. The van der Waals surface area contributed by atoms with Crippen molar-refractivity contribution in [3.63, 3.8) is 0 Å². The fourth-order valence-corrected chi connectivity index (χ4v) is 3.80. The molecule has 1 unspecified atom stereocenters. The van der Waals surface area contributed by atoms with Crippen molar-refractivity contribution in [2.24, 2.45) is 0 Å². The monoisotopic (exact) mass is 418 g/mol. The average Bonchev–Trinajstić information content (AvgIpc) is 3.48. The summed E-state index contributed by atoms with van der Waals surface area (Å²) in [7, 11) is 0. The summed E-state index contributed by atoms with van der Waals surface area (Å²) in [5.74, 6) is 1.94. The third-order valence-corrected chi connectivity index (χ3v) is 5.43. The number of aromatic nitrogens is 6. The highest BCUT2D eigenvalue weighted by molar-refractivity contribution is 5.81. The molecule has 0 spiro atoms. The zero-order valence-electron chi connectivity index (χ0n) is 17.5. The van der Waals surface area contributed by atoms with Gasteiger partial charge in [0.1, 0.15) is 29.4 Å². The van der Waals surface area contributed by atoms with E-state index >= 15 is 0 Å². The van der Waals surface area contributed by atoms with E-state index in [1.54, 1.807) is 6.92 Å². The van der Waals surface area contributed by atoms with E-state index in [-0.39, 0.29) is 29.4 Å². The molecule has 5 rings (SSSR count). The first kappa shape index (κ1) is 19.2. The normalized spacial score (nSPS) is 14.7. The summed E-state index contributed by atoms with van der Waals surface area (Å²) < 4.78 is 7.36. The van der Waals surface area contributed by atoms with Crippen molar-refractivity contribution in [1.82, 2.24) is 29.7 Å². The van der Waals surface area contributed by atoms with Crippen LogP contribution >= 0.6 is 0 Å². The van der Waals surface area contributed by atoms with E-state index in [1.165, 1.54) is 6.33 Å². The van der Waals surface area contributed by atoms with Crippen LogP contribution in [-0.2, 0) is 0 Å². The van der Waals surface area contributed by atoms with Crippen LogP contribution in [0.2, 0.25) is 0 Å². The van der Waals surface area contributed by atoms with Gasteiger partial charge in [-0.25, -0.2) is 15.0 Å². The van der Waals surface area contributed by atoms with Crippen molar-refractivity contribution in [1.29, 1.82) is 0 Å². The molecular formula is C21H22N8O2. The predicted molar refractivity (Wildman–Crippen MR) is 116 cm³/mol. The van der Waals surface area contributed by atoms with Crippen LogP contribution in [0.3, 0.4) is 0 Å². The summed E-state index contributed by atoms with van der Waals surface area (Å²) in [5, 5.41) is 11.9. The van der Waals surface area contributed by atoms with Crippen LogP contribution in [0.15, 0.2) is 33.7 Å². The molecule has 1 aliphatic rings. The van der Waals surface area contributed by atoms with Gasteiger partial charge < -0.3 is 15.5 Å². The van der Waals surface area contributed by atoms with E-state index in [1.807, 2.05) is 36.6 Å². The number of nitrogens with two attached hydrogens (primary N) is 1. The van der Waals surface area contributed by atoms with E-state index in [9.17, 15) is 4.79 Å². The fourth-order valence-electron chi connectivity index (χ4n) is 3.80. The SMILES string of the molecule is Cc1nnc(-c2c(N)ncnc2NC(C)c2nc3cccc(C)c3c(=O)n2C2CC2)o1. The highest BCUT2D eigenvalue weighted by Crippen LogP contribution is 2.37. The molecular weight excluding hydrogens is 396 g/mol. The molecule has 0 radical (unpaired) electrons. The largest absolute Gasteiger partial charge is 0.421 e. The summed E-state index contributed by atoms with van der Waals surface area (Å²) in [6.45, 7) is 5.57. The first-order valence-corrected chi connectivity index (χ1v) is 10.1. The second-order valence-corrected chi connectivity index (χ2v) is 7.82. The van der Waals surface area contributed by atoms with Gasteiger partial charge in [-0.15, -0.1) is 10.2 Å². The van der Waals surface area contributed by atoms with E-state index < -0.39 is 0 Å². The summed E-state index contributed by atoms with van der Waals surface area (Å²) in [6.07, 6.45) is 3.29. The third-order valence-electron chi connectivity index (χ3n) is 5.43. The van der Waals surface area contributed by atoms with Crippen LogP contribution in [0.5, 0.6) is 0 Å². The maximum atomic E-state index is 13.4. The molecule has 1 atom stereocenters. The van der Waals surface area contributed by atoms with Gasteiger partial charge in [0.15, 0.2) is 0 Å². The molecule has 0 saturated heterocycles. The minimum atomic E-state index is -0.338. The van der Waals surface area contributed by atoms with E-state index in [0.717, 1.165) is 18.4 Å². The van der Waals surface area contributed by atoms with Crippen molar-refractivity contribution in [3.05, 3.63) is 52.2 Å². The fraction of sp³-hybridized carbons (Fsp3) is 0.333. The first-order valence-electron chi connectivity index (χ1n) is 10.1. The van der Waals surface area contributed by atoms with Gasteiger partial charge >= 0.3 is 0 Å². The second kappa shape index (κ2) is 7.15. The molecule has 4 aromatic rings. The number of fused-ring (bicyclic) bond motifs is 1. The Kier molecular flexibility index (Phi) is 4.42. The molecule has 31 heavy (non-hydrogen) atoms. The average molecular weight is 418 g/mol. The lowest BCUT2D eigenvalue weighted by Gasteiger charge is -2.21. The number of nitrogens with zero attached hydrogens (tertiary/aromatic N) is 6. The molecule has 1 aromatic carbocycles. The Bertz CT molecular complexity index is 1360. The molecule has 10 nitrogen and oxygen atoms in total. The zero-order chi connectivity index (χ0) is 21.7. The van der Waals surface area contributed by atoms with Gasteiger partial charge in [-0.2, -0.15) is 0 Å². The topological polar surface area (TPSA) is 138 Å². The molecule has 3 aromatic heterocycles. The number of nitrogens with one attached hydrogen (secondary N) is 1. The maximum Gasteiger partial charge on any atom is 0.261 e. The van der Waals surface area contributed by atoms with Crippen molar-refractivity contribution < 1.29 is 4.42 Å². The Morgan fingerprint density at radius 1 is 1.23 bits per heavy atom. The van der Waals surface area contributed by atoms with Crippen molar-refractivity contribution in [3.8, 4) is 11.5 Å². The maximum absolute atomic E-state index is 13.4. The highest BCUT2D eigenvalue weighted by atomic mass is 16.4. The summed E-state index contributed by atoms with van der Waals surface area (Å²) in [5.41, 5.74) is 8.11. The van der Waals surface area contributed by atoms with Crippen LogP contribution in [0, 0.1) is 13.8 Å². The molecule has 1 fully saturated rings. The lowest BCUT2D eigenvalue weighted by atomic mass is 10.1. The van der Waals surface area contributed by atoms with E-state index in [0.29, 0.717) is 34.0 Å².